The second-order valence-corrected chi connectivity index (χ2v) is 7.32. The maximum absolute atomic E-state index is 12.0. The van der Waals surface area contributed by atoms with Gasteiger partial charge in [0.15, 0.2) is 0 Å². The first-order chi connectivity index (χ1) is 10.1. The molecule has 3 aliphatic rings. The highest BCUT2D eigenvalue weighted by Gasteiger charge is 2.59. The van der Waals surface area contributed by atoms with Gasteiger partial charge in [-0.05, 0) is 31.6 Å². The Kier molecular flexibility index (Phi) is 4.41. The van der Waals surface area contributed by atoms with Gasteiger partial charge in [-0.3, -0.25) is 0 Å². The number of rotatable bonds is 7. The Labute approximate surface area is 127 Å². The van der Waals surface area contributed by atoms with Crippen LogP contribution >= 0.6 is 0 Å². The highest BCUT2D eigenvalue weighted by atomic mass is 16.5. The standard InChI is InChI=1S/C16H28N2O3/c1-16(2)13(12-6-9-21-14(12)16)18-15(19)17-7-3-8-20-10-11-4-5-11/h11-14H,3-10H2,1-2H3,(H2,17,18,19)/t12-,13+,14-/m0/s1. The summed E-state index contributed by atoms with van der Waals surface area (Å²) in [7, 11) is 0. The van der Waals surface area contributed by atoms with Crippen LogP contribution in [0.25, 0.3) is 0 Å². The Morgan fingerprint density at radius 1 is 1.33 bits per heavy atom. The fourth-order valence-corrected chi connectivity index (χ4v) is 3.72. The van der Waals surface area contributed by atoms with Gasteiger partial charge < -0.3 is 20.1 Å². The molecule has 0 unspecified atom stereocenters. The maximum atomic E-state index is 12.0. The summed E-state index contributed by atoms with van der Waals surface area (Å²) < 4.78 is 11.3. The average molecular weight is 296 g/mol. The molecule has 120 valence electrons. The fraction of sp³-hybridized carbons (Fsp3) is 0.938. The van der Waals surface area contributed by atoms with Crippen molar-refractivity contribution in [1.82, 2.24) is 10.6 Å². The quantitative estimate of drug-likeness (QED) is 0.706. The van der Waals surface area contributed by atoms with E-state index in [4.69, 9.17) is 9.47 Å². The first kappa shape index (κ1) is 15.1. The van der Waals surface area contributed by atoms with Crippen LogP contribution in [0.4, 0.5) is 4.79 Å². The molecule has 2 amide bonds. The van der Waals surface area contributed by atoms with Crippen LogP contribution in [0.2, 0.25) is 0 Å². The molecule has 0 radical (unpaired) electrons. The number of carbonyl (C=O) groups excluding carboxylic acids is 1. The van der Waals surface area contributed by atoms with E-state index in [1.807, 2.05) is 0 Å². The molecule has 2 aliphatic carbocycles. The van der Waals surface area contributed by atoms with Gasteiger partial charge in [-0.25, -0.2) is 4.79 Å². The topological polar surface area (TPSA) is 59.6 Å². The largest absolute Gasteiger partial charge is 0.381 e. The number of urea groups is 1. The second-order valence-electron chi connectivity index (χ2n) is 7.32. The average Bonchev–Trinajstić information content (AvgIpc) is 3.15. The minimum Gasteiger partial charge on any atom is -0.381 e. The van der Waals surface area contributed by atoms with Gasteiger partial charge in [0.05, 0.1) is 6.10 Å². The maximum Gasteiger partial charge on any atom is 0.315 e. The Morgan fingerprint density at radius 2 is 2.14 bits per heavy atom. The molecule has 3 atom stereocenters. The molecule has 1 heterocycles. The molecule has 21 heavy (non-hydrogen) atoms. The highest BCUT2D eigenvalue weighted by Crippen LogP contribution is 2.51. The Morgan fingerprint density at radius 3 is 2.90 bits per heavy atom. The molecule has 5 heteroatoms. The zero-order chi connectivity index (χ0) is 14.9. The van der Waals surface area contributed by atoms with E-state index in [-0.39, 0.29) is 17.5 Å². The summed E-state index contributed by atoms with van der Waals surface area (Å²) in [6.07, 6.45) is 4.91. The van der Waals surface area contributed by atoms with E-state index in [9.17, 15) is 4.79 Å². The first-order valence-electron chi connectivity index (χ1n) is 8.33. The monoisotopic (exact) mass is 296 g/mol. The molecule has 3 rings (SSSR count). The molecule has 0 aromatic rings. The molecular formula is C16H28N2O3. The number of fused-ring (bicyclic) bond motifs is 1. The van der Waals surface area contributed by atoms with Gasteiger partial charge in [-0.15, -0.1) is 0 Å². The lowest BCUT2D eigenvalue weighted by molar-refractivity contribution is -0.108. The zero-order valence-electron chi connectivity index (χ0n) is 13.2. The lowest BCUT2D eigenvalue weighted by atomic mass is 9.57. The van der Waals surface area contributed by atoms with Crippen LogP contribution in [0.5, 0.6) is 0 Å². The van der Waals surface area contributed by atoms with E-state index in [1.165, 1.54) is 12.8 Å². The third kappa shape index (κ3) is 3.34. The number of hydrogen-bond donors (Lipinski definition) is 2. The van der Waals surface area contributed by atoms with Gasteiger partial charge in [-0.1, -0.05) is 13.8 Å². The SMILES string of the molecule is CC1(C)[C@H](NC(=O)NCCCOCC2CC2)[C@@H]2CCO[C@@H]21. The van der Waals surface area contributed by atoms with Gasteiger partial charge in [0, 0.05) is 43.7 Å². The molecule has 0 bridgehead atoms. The van der Waals surface area contributed by atoms with E-state index in [1.54, 1.807) is 0 Å². The molecular weight excluding hydrogens is 268 g/mol. The number of hydrogen-bond acceptors (Lipinski definition) is 3. The van der Waals surface area contributed by atoms with E-state index >= 15 is 0 Å². The molecule has 0 aromatic heterocycles. The zero-order valence-corrected chi connectivity index (χ0v) is 13.2. The molecule has 1 aliphatic heterocycles. The summed E-state index contributed by atoms with van der Waals surface area (Å²) in [4.78, 5) is 12.0. The van der Waals surface area contributed by atoms with Gasteiger partial charge >= 0.3 is 6.03 Å². The summed E-state index contributed by atoms with van der Waals surface area (Å²) in [6.45, 7) is 7.49. The van der Waals surface area contributed by atoms with Crippen molar-refractivity contribution >= 4 is 6.03 Å². The van der Waals surface area contributed by atoms with Crippen molar-refractivity contribution in [3.63, 3.8) is 0 Å². The Bertz CT molecular complexity index is 382. The Balaban J connectivity index is 1.29. The van der Waals surface area contributed by atoms with Gasteiger partial charge in [0.2, 0.25) is 0 Å². The summed E-state index contributed by atoms with van der Waals surface area (Å²) in [5, 5.41) is 6.06. The fourth-order valence-electron chi connectivity index (χ4n) is 3.72. The summed E-state index contributed by atoms with van der Waals surface area (Å²) >= 11 is 0. The van der Waals surface area contributed by atoms with Gasteiger partial charge in [0.1, 0.15) is 0 Å². The van der Waals surface area contributed by atoms with Crippen LogP contribution in [0.15, 0.2) is 0 Å². The number of nitrogens with one attached hydrogen (secondary N) is 2. The number of carbonyl (C=O) groups is 1. The van der Waals surface area contributed by atoms with Crippen molar-refractivity contribution in [2.45, 2.75) is 51.7 Å². The van der Waals surface area contributed by atoms with Crippen molar-refractivity contribution in [1.29, 1.82) is 0 Å². The minimum absolute atomic E-state index is 0.0475. The lowest BCUT2D eigenvalue weighted by Gasteiger charge is -2.54. The first-order valence-corrected chi connectivity index (χ1v) is 8.33. The molecule has 0 spiro atoms. The normalized spacial score (nSPS) is 33.1. The van der Waals surface area contributed by atoms with Gasteiger partial charge in [0.25, 0.3) is 0 Å². The Hall–Kier alpha value is -0.810. The molecule has 0 aromatic carbocycles. The van der Waals surface area contributed by atoms with Crippen molar-refractivity contribution in [2.75, 3.05) is 26.4 Å². The van der Waals surface area contributed by atoms with Crippen LogP contribution in [0.3, 0.4) is 0 Å². The van der Waals surface area contributed by atoms with Crippen LogP contribution in [-0.2, 0) is 9.47 Å². The smallest absolute Gasteiger partial charge is 0.315 e. The van der Waals surface area contributed by atoms with Crippen molar-refractivity contribution < 1.29 is 14.3 Å². The highest BCUT2D eigenvalue weighted by molar-refractivity contribution is 5.74. The predicted octanol–water partition coefficient (Wildman–Crippen LogP) is 1.92. The van der Waals surface area contributed by atoms with Crippen molar-refractivity contribution in [2.24, 2.45) is 17.3 Å². The van der Waals surface area contributed by atoms with Crippen LogP contribution in [-0.4, -0.2) is 44.5 Å². The number of ether oxygens (including phenoxy) is 2. The molecule has 1 saturated heterocycles. The molecule has 5 nitrogen and oxygen atoms in total. The van der Waals surface area contributed by atoms with E-state index in [0.717, 1.165) is 38.6 Å². The van der Waals surface area contributed by atoms with Crippen LogP contribution in [0, 0.1) is 17.3 Å². The predicted molar refractivity (Wildman–Crippen MR) is 80.1 cm³/mol. The molecule has 2 N–H and O–H groups in total. The molecule has 3 fully saturated rings. The van der Waals surface area contributed by atoms with E-state index < -0.39 is 0 Å². The number of amides is 2. The van der Waals surface area contributed by atoms with E-state index in [2.05, 4.69) is 24.5 Å². The van der Waals surface area contributed by atoms with Crippen LogP contribution in [0.1, 0.15) is 39.5 Å². The van der Waals surface area contributed by atoms with Crippen molar-refractivity contribution in [3.05, 3.63) is 0 Å². The second kappa shape index (κ2) is 6.13. The van der Waals surface area contributed by atoms with E-state index in [0.29, 0.717) is 18.6 Å². The summed E-state index contributed by atoms with van der Waals surface area (Å²) in [5.41, 5.74) is 0.0475. The summed E-state index contributed by atoms with van der Waals surface area (Å²) in [6, 6.07) is 0.178. The minimum atomic E-state index is -0.0550. The van der Waals surface area contributed by atoms with Crippen molar-refractivity contribution in [3.8, 4) is 0 Å². The van der Waals surface area contributed by atoms with Gasteiger partial charge in [-0.2, -0.15) is 0 Å². The third-order valence-electron chi connectivity index (χ3n) is 5.19. The lowest BCUT2D eigenvalue weighted by Crippen LogP contribution is -2.67. The van der Waals surface area contributed by atoms with Crippen LogP contribution < -0.4 is 10.6 Å². The third-order valence-corrected chi connectivity index (χ3v) is 5.19. The molecule has 2 saturated carbocycles. The summed E-state index contributed by atoms with van der Waals surface area (Å²) in [5.74, 6) is 1.30.